The highest BCUT2D eigenvalue weighted by atomic mass is 16.5. The van der Waals surface area contributed by atoms with Gasteiger partial charge in [0.25, 0.3) is 0 Å². The summed E-state index contributed by atoms with van der Waals surface area (Å²) < 4.78 is 11.0. The van der Waals surface area contributed by atoms with E-state index in [4.69, 9.17) is 9.47 Å². The second kappa shape index (κ2) is 8.32. The monoisotopic (exact) mass is 448 g/mol. The largest absolute Gasteiger partial charge is 0.481 e. The van der Waals surface area contributed by atoms with Crippen LogP contribution in [0.5, 0.6) is 0 Å². The molecule has 0 aromatic carbocycles. The zero-order chi connectivity index (χ0) is 23.3. The standard InChI is InChI=1S/C26H40O6/c1-16(2)22(28)31-14-19-13-25-11-8-21-24(4,20(25)7-6-18(19)12-25)9-5-10-26(21,23(29)30)15-32-17(3)27/h16,18-21H,5-15H2,1-4H3,(H,29,30)/t18-,19-,20-,21-,24-,25-,26-/m0/s1. The third kappa shape index (κ3) is 3.66. The van der Waals surface area contributed by atoms with Gasteiger partial charge in [-0.3, -0.25) is 14.4 Å². The summed E-state index contributed by atoms with van der Waals surface area (Å²) in [4.78, 5) is 36.2. The SMILES string of the molecule is CC(=O)OC[C@@]1(C(=O)O)CCC[C@@]2(C)[C@@H]3CC[C@H]4C[C@@]3(CC[C@H]12)C[C@H]4COC(=O)C(C)C. The normalized spacial score (nSPS) is 42.7. The van der Waals surface area contributed by atoms with Crippen molar-refractivity contribution in [1.82, 2.24) is 0 Å². The number of fused-ring (bicyclic) bond motifs is 3. The van der Waals surface area contributed by atoms with Crippen LogP contribution in [0, 0.1) is 45.8 Å². The van der Waals surface area contributed by atoms with Crippen LogP contribution in [0.4, 0.5) is 0 Å². The van der Waals surface area contributed by atoms with Crippen LogP contribution in [0.3, 0.4) is 0 Å². The Labute approximate surface area is 191 Å². The summed E-state index contributed by atoms with van der Waals surface area (Å²) in [5.41, 5.74) is -0.780. The number of esters is 2. The first-order chi connectivity index (χ1) is 15.0. The smallest absolute Gasteiger partial charge is 0.313 e. The lowest BCUT2D eigenvalue weighted by Crippen LogP contribution is -2.60. The van der Waals surface area contributed by atoms with Gasteiger partial charge in [-0.05, 0) is 85.9 Å². The van der Waals surface area contributed by atoms with Gasteiger partial charge in [0.1, 0.15) is 12.0 Å². The first-order valence-corrected chi connectivity index (χ1v) is 12.6. The molecule has 0 unspecified atom stereocenters. The summed E-state index contributed by atoms with van der Waals surface area (Å²) in [7, 11) is 0. The van der Waals surface area contributed by atoms with Crippen LogP contribution in [-0.4, -0.2) is 36.2 Å². The van der Waals surface area contributed by atoms with E-state index in [1.165, 1.54) is 13.3 Å². The molecule has 0 radical (unpaired) electrons. The van der Waals surface area contributed by atoms with Crippen molar-refractivity contribution >= 4 is 17.9 Å². The van der Waals surface area contributed by atoms with Crippen LogP contribution < -0.4 is 0 Å². The van der Waals surface area contributed by atoms with E-state index in [0.29, 0.717) is 30.8 Å². The first-order valence-electron chi connectivity index (χ1n) is 12.6. The molecule has 0 saturated heterocycles. The van der Waals surface area contributed by atoms with E-state index >= 15 is 0 Å². The minimum atomic E-state index is -0.970. The quantitative estimate of drug-likeness (QED) is 0.585. The van der Waals surface area contributed by atoms with Gasteiger partial charge < -0.3 is 14.6 Å². The number of carboxylic acid groups (broad SMARTS) is 1. The molecule has 0 heterocycles. The van der Waals surface area contributed by atoms with Crippen LogP contribution in [0.15, 0.2) is 0 Å². The van der Waals surface area contributed by atoms with Gasteiger partial charge in [0.05, 0.1) is 12.5 Å². The molecule has 1 spiro atoms. The lowest BCUT2D eigenvalue weighted by molar-refractivity contribution is -0.195. The van der Waals surface area contributed by atoms with Crippen molar-refractivity contribution in [2.24, 2.45) is 45.8 Å². The molecule has 6 nitrogen and oxygen atoms in total. The average molecular weight is 449 g/mol. The van der Waals surface area contributed by atoms with Gasteiger partial charge in [0, 0.05) is 6.92 Å². The maximum absolute atomic E-state index is 12.6. The van der Waals surface area contributed by atoms with Crippen LogP contribution >= 0.6 is 0 Å². The summed E-state index contributed by atoms with van der Waals surface area (Å²) in [6.07, 6.45) is 8.99. The van der Waals surface area contributed by atoms with E-state index in [2.05, 4.69) is 6.92 Å². The Bertz CT molecular complexity index is 776. The highest BCUT2D eigenvalue weighted by Gasteiger charge is 2.67. The van der Waals surface area contributed by atoms with Crippen LogP contribution in [0.2, 0.25) is 0 Å². The molecule has 0 amide bonds. The second-order valence-corrected chi connectivity index (χ2v) is 11.9. The molecular formula is C26H40O6. The predicted molar refractivity (Wildman–Crippen MR) is 119 cm³/mol. The lowest BCUT2D eigenvalue weighted by atomic mass is 9.40. The number of carbonyl (C=O) groups excluding carboxylic acids is 2. The fourth-order valence-corrected chi connectivity index (χ4v) is 8.67. The van der Waals surface area contributed by atoms with Gasteiger partial charge in [-0.2, -0.15) is 0 Å². The maximum atomic E-state index is 12.6. The van der Waals surface area contributed by atoms with Gasteiger partial charge >= 0.3 is 17.9 Å². The molecule has 180 valence electrons. The van der Waals surface area contributed by atoms with Crippen molar-refractivity contribution in [3.63, 3.8) is 0 Å². The van der Waals surface area contributed by atoms with Crippen LogP contribution in [0.25, 0.3) is 0 Å². The Morgan fingerprint density at radius 1 is 1.00 bits per heavy atom. The summed E-state index contributed by atoms with van der Waals surface area (Å²) in [6, 6.07) is 0. The Hall–Kier alpha value is -1.59. The van der Waals surface area contributed by atoms with Gasteiger partial charge in [-0.25, -0.2) is 0 Å². The molecular weight excluding hydrogens is 408 g/mol. The average Bonchev–Trinajstić information content (AvgIpc) is 2.99. The maximum Gasteiger partial charge on any atom is 0.313 e. The second-order valence-electron chi connectivity index (χ2n) is 11.9. The Morgan fingerprint density at radius 3 is 2.41 bits per heavy atom. The predicted octanol–water partition coefficient (Wildman–Crippen LogP) is 4.84. The van der Waals surface area contributed by atoms with Crippen LogP contribution in [-0.2, 0) is 23.9 Å². The number of carbonyl (C=O) groups is 3. The molecule has 1 N–H and O–H groups in total. The molecule has 4 rings (SSSR count). The van der Waals surface area contributed by atoms with E-state index < -0.39 is 17.4 Å². The van der Waals surface area contributed by atoms with Crippen LogP contribution in [0.1, 0.15) is 85.5 Å². The van der Waals surface area contributed by atoms with Gasteiger partial charge in [-0.15, -0.1) is 0 Å². The molecule has 0 aliphatic heterocycles. The van der Waals surface area contributed by atoms with Gasteiger partial charge in [0.15, 0.2) is 0 Å². The van der Waals surface area contributed by atoms with E-state index in [1.54, 1.807) is 0 Å². The molecule has 6 heteroatoms. The highest BCUT2D eigenvalue weighted by Crippen LogP contribution is 2.72. The van der Waals surface area contributed by atoms with Gasteiger partial charge in [0.2, 0.25) is 0 Å². The number of carboxylic acids is 1. The number of rotatable bonds is 6. The fraction of sp³-hybridized carbons (Fsp3) is 0.885. The molecule has 2 bridgehead atoms. The van der Waals surface area contributed by atoms with Crippen molar-refractivity contribution in [2.45, 2.75) is 85.5 Å². The van der Waals surface area contributed by atoms with Crippen molar-refractivity contribution in [2.75, 3.05) is 13.2 Å². The van der Waals surface area contributed by atoms with Crippen molar-refractivity contribution in [3.8, 4) is 0 Å². The summed E-state index contributed by atoms with van der Waals surface area (Å²) in [6.45, 7) is 7.97. The Morgan fingerprint density at radius 2 is 1.75 bits per heavy atom. The van der Waals surface area contributed by atoms with Crippen molar-refractivity contribution in [3.05, 3.63) is 0 Å². The number of ether oxygens (including phenoxy) is 2. The third-order valence-corrected chi connectivity index (χ3v) is 9.97. The Kier molecular flexibility index (Phi) is 6.13. The Balaban J connectivity index is 1.57. The molecule has 4 fully saturated rings. The topological polar surface area (TPSA) is 89.9 Å². The van der Waals surface area contributed by atoms with E-state index in [1.807, 2.05) is 13.8 Å². The number of hydrogen-bond donors (Lipinski definition) is 1. The highest BCUT2D eigenvalue weighted by molar-refractivity contribution is 5.76. The molecule has 4 aliphatic carbocycles. The molecule has 0 aromatic rings. The summed E-state index contributed by atoms with van der Waals surface area (Å²) in [5.74, 6) is 0.152. The fourth-order valence-electron chi connectivity index (χ4n) is 8.67. The van der Waals surface area contributed by atoms with E-state index in [9.17, 15) is 19.5 Å². The molecule has 4 saturated carbocycles. The molecule has 7 atom stereocenters. The summed E-state index contributed by atoms with van der Waals surface area (Å²) in [5, 5.41) is 10.3. The minimum absolute atomic E-state index is 0.00591. The van der Waals surface area contributed by atoms with Gasteiger partial charge in [-0.1, -0.05) is 27.2 Å². The third-order valence-electron chi connectivity index (χ3n) is 9.97. The lowest BCUT2D eigenvalue weighted by Gasteiger charge is -2.63. The first kappa shape index (κ1) is 23.6. The number of aliphatic carboxylic acids is 1. The van der Waals surface area contributed by atoms with Crippen molar-refractivity contribution in [1.29, 1.82) is 0 Å². The van der Waals surface area contributed by atoms with E-state index in [0.717, 1.165) is 44.9 Å². The van der Waals surface area contributed by atoms with Crippen molar-refractivity contribution < 1.29 is 29.0 Å². The molecule has 4 aliphatic rings. The summed E-state index contributed by atoms with van der Waals surface area (Å²) >= 11 is 0. The van der Waals surface area contributed by atoms with E-state index in [-0.39, 0.29) is 35.2 Å². The minimum Gasteiger partial charge on any atom is -0.481 e. The zero-order valence-electron chi connectivity index (χ0n) is 20.2. The zero-order valence-corrected chi connectivity index (χ0v) is 20.2. The molecule has 0 aromatic heterocycles. The number of hydrogen-bond acceptors (Lipinski definition) is 5. The molecule has 32 heavy (non-hydrogen) atoms.